The molecule has 3 aromatic carbocycles. The molecule has 4 aromatic rings. The number of piperidine rings is 3. The number of fused-ring (bicyclic) bond motifs is 3. The summed E-state index contributed by atoms with van der Waals surface area (Å²) in [7, 11) is -3.03. The van der Waals surface area contributed by atoms with Crippen molar-refractivity contribution >= 4 is 41.0 Å². The molecule has 3 fully saturated rings. The molecule has 3 aliphatic rings. The maximum absolute atomic E-state index is 14.4. The Morgan fingerprint density at radius 3 is 2.44 bits per heavy atom. The van der Waals surface area contributed by atoms with Gasteiger partial charge < -0.3 is 24.4 Å². The van der Waals surface area contributed by atoms with Crippen molar-refractivity contribution in [2.75, 3.05) is 31.6 Å². The summed E-state index contributed by atoms with van der Waals surface area (Å²) < 4.78 is 84.7. The van der Waals surface area contributed by atoms with Gasteiger partial charge in [-0.3, -0.25) is 9.80 Å². The molecule has 15 heteroatoms. The third-order valence-electron chi connectivity index (χ3n) is 8.99. The number of H-pyrrole nitrogens is 1. The highest BCUT2D eigenvalue weighted by Gasteiger charge is 2.37. The summed E-state index contributed by atoms with van der Waals surface area (Å²) in [5.41, 5.74) is 1.33. The molecule has 3 aliphatic heterocycles. The summed E-state index contributed by atoms with van der Waals surface area (Å²) in [6, 6.07) is 15.3. The molecule has 4 heterocycles. The van der Waals surface area contributed by atoms with Gasteiger partial charge in [0.15, 0.2) is 23.9 Å². The number of aromatic nitrogens is 1. The minimum absolute atomic E-state index is 0. The average Bonchev–Trinajstić information content (AvgIpc) is 3.12. The van der Waals surface area contributed by atoms with E-state index in [0.29, 0.717) is 17.7 Å². The second-order valence-corrected chi connectivity index (χ2v) is 13.1. The van der Waals surface area contributed by atoms with Crippen molar-refractivity contribution in [1.82, 2.24) is 4.90 Å². The summed E-state index contributed by atoms with van der Waals surface area (Å²) in [6.45, 7) is -0.834. The van der Waals surface area contributed by atoms with Crippen LogP contribution >= 0.6 is 23.2 Å². The average molecular weight is 766 g/mol. The number of hydrogen-bond donors (Lipinski definition) is 0. The Hall–Kier alpha value is -4.56. The summed E-state index contributed by atoms with van der Waals surface area (Å²) in [6.07, 6.45) is 2.46. The molecule has 0 unspecified atom stereocenters. The molecule has 0 radical (unpaired) electrons. The van der Waals surface area contributed by atoms with Crippen LogP contribution in [0.2, 0.25) is 10.0 Å². The highest BCUT2D eigenvalue weighted by atomic mass is 35.5. The predicted molar refractivity (Wildman–Crippen MR) is 185 cm³/mol. The molecule has 1 aromatic heterocycles. The zero-order valence-corrected chi connectivity index (χ0v) is 29.0. The molecular weight excluding hydrogens is 726 g/mol. The zero-order valence-electron chi connectivity index (χ0n) is 30.4. The van der Waals surface area contributed by atoms with Crippen LogP contribution in [0.15, 0.2) is 79.1 Å². The monoisotopic (exact) mass is 764 g/mol. The number of amides is 1. The van der Waals surface area contributed by atoms with Crippen LogP contribution in [0.5, 0.6) is 11.5 Å². The van der Waals surface area contributed by atoms with Gasteiger partial charge in [-0.2, -0.15) is 8.78 Å². The summed E-state index contributed by atoms with van der Waals surface area (Å²) in [5.74, 6) is -2.24. The molecular formula is C37H36Cl2F3N3O7. The molecule has 1 amide bonds. The highest BCUT2D eigenvalue weighted by molar-refractivity contribution is 6.35. The first-order valence-electron chi connectivity index (χ1n) is 17.6. The maximum atomic E-state index is 14.4. The first-order valence-corrected chi connectivity index (χ1v) is 16.9. The smallest absolute Gasteiger partial charge is 0.414 e. The minimum Gasteiger partial charge on any atom is -0.870 e. The number of ether oxygens (including phenoxy) is 4. The number of halogens is 5. The van der Waals surface area contributed by atoms with Gasteiger partial charge in [0.05, 0.1) is 28.9 Å². The van der Waals surface area contributed by atoms with Crippen LogP contribution < -0.4 is 19.4 Å². The number of nitrogens with zero attached hydrogens (tertiary/aromatic N) is 2. The Bertz CT molecular complexity index is 1970. The van der Waals surface area contributed by atoms with Crippen LogP contribution in [-0.2, 0) is 22.4 Å². The maximum Gasteiger partial charge on any atom is 0.414 e. The summed E-state index contributed by atoms with van der Waals surface area (Å²) in [5, 5.41) is 0.398. The molecule has 0 saturated carbocycles. The van der Waals surface area contributed by atoms with E-state index in [1.54, 1.807) is 18.2 Å². The minimum atomic E-state index is -3.28. The third kappa shape index (κ3) is 9.26. The van der Waals surface area contributed by atoms with E-state index in [-0.39, 0.29) is 57.3 Å². The topological polar surface area (TPSA) is 122 Å². The Balaban J connectivity index is 0.00000580. The number of alkyl halides is 2. The number of carbonyl (C=O) groups excluding carboxylic acids is 2. The lowest BCUT2D eigenvalue weighted by atomic mass is 9.86. The normalized spacial score (nSPS) is 19.3. The van der Waals surface area contributed by atoms with Crippen molar-refractivity contribution in [3.63, 3.8) is 0 Å². The van der Waals surface area contributed by atoms with Crippen LogP contribution in [0.25, 0.3) is 0 Å². The van der Waals surface area contributed by atoms with Crippen LogP contribution in [0.3, 0.4) is 0 Å². The molecule has 7 rings (SSSR count). The quantitative estimate of drug-likeness (QED) is 0.134. The second kappa shape index (κ2) is 17.3. The largest absolute Gasteiger partial charge is 0.870 e. The lowest BCUT2D eigenvalue weighted by Gasteiger charge is -2.44. The van der Waals surface area contributed by atoms with E-state index in [9.17, 15) is 22.8 Å². The van der Waals surface area contributed by atoms with Crippen molar-refractivity contribution < 1.29 is 56.3 Å². The van der Waals surface area contributed by atoms with Gasteiger partial charge in [0.25, 0.3) is 0 Å². The molecule has 276 valence electrons. The van der Waals surface area contributed by atoms with Gasteiger partial charge >= 0.3 is 18.7 Å². The van der Waals surface area contributed by atoms with Gasteiger partial charge in [0, 0.05) is 18.5 Å². The second-order valence-electron chi connectivity index (χ2n) is 12.2. The van der Waals surface area contributed by atoms with Crippen LogP contribution in [0.4, 0.5) is 23.7 Å². The Kier molecular flexibility index (Phi) is 11.5. The summed E-state index contributed by atoms with van der Waals surface area (Å²) in [4.78, 5) is 33.9. The number of benzene rings is 3. The number of hydrogen-bond acceptors (Lipinski definition) is 8. The number of aromatic amines is 1. The number of anilines is 1. The number of esters is 1. The standard InChI is InChI=1S/C37H34Cl2F3N3O6.H2O/c1-48-33-15-24(8-9-31(33)50-36(41)42)32(17-28-29(38)18-43-19-30(28)39)49-35(46)25-5-2-4-22(14-25)20-45(27-7-3-6-26(40)16-27)37(47)51-34-21-44-12-10-23(34)11-13-44;/h2-9,14-16,18-19,23,32,34,36H,10-13,17,20-21H2,1H3;1H2/t32-,34-;/m0./s1/i1D3;. The number of rotatable bonds is 12. The molecule has 2 bridgehead atoms. The Morgan fingerprint density at radius 1 is 1.02 bits per heavy atom. The number of methoxy groups -OCH3 is 1. The van der Waals surface area contributed by atoms with Gasteiger partial charge in [-0.05, 0) is 85.4 Å². The summed E-state index contributed by atoms with van der Waals surface area (Å²) >= 11 is 12.8. The van der Waals surface area contributed by atoms with Crippen molar-refractivity contribution in [3.05, 3.63) is 117 Å². The lowest BCUT2D eigenvalue weighted by Crippen LogP contribution is -2.53. The third-order valence-corrected chi connectivity index (χ3v) is 9.67. The van der Waals surface area contributed by atoms with Crippen LogP contribution in [0, 0.1) is 11.7 Å². The SMILES string of the molecule is [2H]C([2H])([2H])Oc1cc([C@H](Cc2c(Cl)c[nH+]cc2Cl)OC(=O)c2cccc(CN(C(=O)O[C@H]3CN4CCC3CC4)c3cccc(F)c3)c2)ccc1OC(F)F.[OH-]. The number of carbonyl (C=O) groups is 2. The molecule has 10 nitrogen and oxygen atoms in total. The Morgan fingerprint density at radius 2 is 1.77 bits per heavy atom. The lowest BCUT2D eigenvalue weighted by molar-refractivity contribution is -0.377. The molecule has 52 heavy (non-hydrogen) atoms. The van der Waals surface area contributed by atoms with E-state index in [1.165, 1.54) is 53.7 Å². The van der Waals surface area contributed by atoms with Crippen molar-refractivity contribution in [2.45, 2.75) is 44.6 Å². The fourth-order valence-corrected chi connectivity index (χ4v) is 6.93. The van der Waals surface area contributed by atoms with E-state index >= 15 is 0 Å². The molecule has 3 saturated heterocycles. The van der Waals surface area contributed by atoms with Gasteiger partial charge in [-0.1, -0.05) is 47.5 Å². The zero-order chi connectivity index (χ0) is 38.6. The molecule has 2 N–H and O–H groups in total. The fraction of sp³-hybridized carbons (Fsp3) is 0.324. The van der Waals surface area contributed by atoms with E-state index in [1.807, 2.05) is 0 Å². The van der Waals surface area contributed by atoms with E-state index in [2.05, 4.69) is 14.6 Å². The van der Waals surface area contributed by atoms with Gasteiger partial charge in [0.2, 0.25) is 0 Å². The predicted octanol–water partition coefficient (Wildman–Crippen LogP) is 7.76. The van der Waals surface area contributed by atoms with Crippen molar-refractivity contribution in [3.8, 4) is 11.5 Å². The van der Waals surface area contributed by atoms with E-state index in [4.69, 9.17) is 41.5 Å². The Labute approximate surface area is 312 Å². The molecule has 2 atom stereocenters. The van der Waals surface area contributed by atoms with Crippen molar-refractivity contribution in [2.24, 2.45) is 5.92 Å². The fourth-order valence-electron chi connectivity index (χ4n) is 6.40. The van der Waals surface area contributed by atoms with Crippen LogP contribution in [0.1, 0.15) is 50.1 Å². The first kappa shape index (κ1) is 34.5. The molecule has 0 spiro atoms. The van der Waals surface area contributed by atoms with Gasteiger partial charge in [0.1, 0.15) is 28.1 Å². The first-order chi connectivity index (χ1) is 25.7. The van der Waals surface area contributed by atoms with E-state index < -0.39 is 49.1 Å². The van der Waals surface area contributed by atoms with Crippen molar-refractivity contribution in [1.29, 1.82) is 0 Å². The number of nitrogens with one attached hydrogen (secondary N) is 1. The number of pyridine rings is 1. The van der Waals surface area contributed by atoms with Gasteiger partial charge in [-0.25, -0.2) is 19.0 Å². The van der Waals surface area contributed by atoms with E-state index in [0.717, 1.165) is 38.1 Å². The molecule has 0 aliphatic carbocycles. The van der Waals surface area contributed by atoms with Crippen LogP contribution in [-0.4, -0.2) is 61.8 Å². The van der Waals surface area contributed by atoms with Gasteiger partial charge in [-0.15, -0.1) is 0 Å². The highest BCUT2D eigenvalue weighted by Crippen LogP contribution is 2.36.